The highest BCUT2D eigenvalue weighted by Crippen LogP contribution is 2.26. The first-order chi connectivity index (χ1) is 12.3. The largest absolute Gasteiger partial charge is 0.496 e. The lowest BCUT2D eigenvalue weighted by molar-refractivity contribution is -0.222. The van der Waals surface area contributed by atoms with Gasteiger partial charge in [0.05, 0.1) is 24.9 Å². The monoisotopic (exact) mass is 376 g/mol. The van der Waals surface area contributed by atoms with Gasteiger partial charge in [0, 0.05) is 25.6 Å². The van der Waals surface area contributed by atoms with E-state index >= 15 is 0 Å². The molecule has 2 heterocycles. The number of ether oxygens (including phenoxy) is 3. The van der Waals surface area contributed by atoms with Gasteiger partial charge in [0.15, 0.2) is 0 Å². The van der Waals surface area contributed by atoms with Gasteiger partial charge in [0.1, 0.15) is 11.3 Å². The molecule has 2 aromatic rings. The molecule has 0 amide bonds. The quantitative estimate of drug-likeness (QED) is 0.464. The summed E-state index contributed by atoms with van der Waals surface area (Å²) in [5.74, 6) is -2.06. The summed E-state index contributed by atoms with van der Waals surface area (Å²) in [4.78, 5) is 24.2. The second kappa shape index (κ2) is 6.84. The molecule has 1 aliphatic heterocycles. The molecule has 0 bridgehead atoms. The summed E-state index contributed by atoms with van der Waals surface area (Å²) in [5.41, 5.74) is 1.27. The molecular formula is C18H17ClN2O5. The van der Waals surface area contributed by atoms with Gasteiger partial charge in [0.25, 0.3) is 5.79 Å². The normalized spacial score (nSPS) is 16.1. The van der Waals surface area contributed by atoms with Gasteiger partial charge in [-0.25, -0.2) is 9.59 Å². The Kier molecular flexibility index (Phi) is 4.73. The summed E-state index contributed by atoms with van der Waals surface area (Å²) in [6, 6.07) is 5.27. The zero-order chi connectivity index (χ0) is 18.9. The summed E-state index contributed by atoms with van der Waals surface area (Å²) in [7, 11) is 1.56. The van der Waals surface area contributed by atoms with Gasteiger partial charge in [-0.3, -0.25) is 4.68 Å². The van der Waals surface area contributed by atoms with Crippen LogP contribution in [0.2, 0.25) is 5.02 Å². The summed E-state index contributed by atoms with van der Waals surface area (Å²) >= 11 is 5.89. The molecule has 0 saturated carbocycles. The predicted molar refractivity (Wildman–Crippen MR) is 93.6 cm³/mol. The lowest BCUT2D eigenvalue weighted by Crippen LogP contribution is -2.41. The number of esters is 2. The number of benzene rings is 1. The second-order valence-electron chi connectivity index (χ2n) is 6.16. The molecule has 0 radical (unpaired) electrons. The van der Waals surface area contributed by atoms with Crippen molar-refractivity contribution < 1.29 is 23.8 Å². The van der Waals surface area contributed by atoms with E-state index in [1.165, 1.54) is 26.1 Å². The van der Waals surface area contributed by atoms with Crippen LogP contribution in [0, 0.1) is 0 Å². The molecule has 1 saturated heterocycles. The van der Waals surface area contributed by atoms with Gasteiger partial charge in [-0.05, 0) is 23.8 Å². The molecule has 1 aromatic heterocycles. The average Bonchev–Trinajstić information content (AvgIpc) is 2.95. The number of methoxy groups -OCH3 is 1. The molecule has 0 N–H and O–H groups in total. The van der Waals surface area contributed by atoms with E-state index in [-0.39, 0.29) is 5.57 Å². The van der Waals surface area contributed by atoms with Crippen LogP contribution in [-0.2, 0) is 25.6 Å². The minimum Gasteiger partial charge on any atom is -0.496 e. The van der Waals surface area contributed by atoms with E-state index in [0.717, 1.165) is 5.56 Å². The molecule has 0 aliphatic carbocycles. The zero-order valence-electron chi connectivity index (χ0n) is 14.5. The number of rotatable bonds is 4. The third-order valence-corrected chi connectivity index (χ3v) is 3.86. The lowest BCUT2D eigenvalue weighted by Gasteiger charge is -2.29. The maximum Gasteiger partial charge on any atom is 0.348 e. The minimum absolute atomic E-state index is 0.164. The van der Waals surface area contributed by atoms with Crippen LogP contribution in [0.3, 0.4) is 0 Å². The number of carbonyl (C=O) groups excluding carboxylic acids is 2. The van der Waals surface area contributed by atoms with Crippen LogP contribution < -0.4 is 4.74 Å². The van der Waals surface area contributed by atoms with Gasteiger partial charge in [0.2, 0.25) is 0 Å². The summed E-state index contributed by atoms with van der Waals surface area (Å²) in [6.45, 7) is 3.41. The van der Waals surface area contributed by atoms with E-state index in [0.29, 0.717) is 22.9 Å². The number of hydrogen-bond donors (Lipinski definition) is 0. The minimum atomic E-state index is -1.27. The smallest absolute Gasteiger partial charge is 0.348 e. The fraction of sp³-hybridized carbons (Fsp3) is 0.278. The van der Waals surface area contributed by atoms with E-state index < -0.39 is 17.7 Å². The van der Waals surface area contributed by atoms with Crippen molar-refractivity contribution in [1.29, 1.82) is 0 Å². The molecule has 3 rings (SSSR count). The Bertz CT molecular complexity index is 879. The first kappa shape index (κ1) is 18.0. The van der Waals surface area contributed by atoms with Crippen LogP contribution in [0.1, 0.15) is 25.0 Å². The Morgan fingerprint density at radius 2 is 1.96 bits per heavy atom. The van der Waals surface area contributed by atoms with Crippen LogP contribution in [-0.4, -0.2) is 34.6 Å². The average molecular weight is 377 g/mol. The van der Waals surface area contributed by atoms with Gasteiger partial charge in [-0.1, -0.05) is 17.7 Å². The van der Waals surface area contributed by atoms with E-state index in [4.69, 9.17) is 25.8 Å². The Morgan fingerprint density at radius 3 is 2.54 bits per heavy atom. The Morgan fingerprint density at radius 1 is 1.27 bits per heavy atom. The van der Waals surface area contributed by atoms with Crippen molar-refractivity contribution in [3.63, 3.8) is 0 Å². The van der Waals surface area contributed by atoms with Crippen molar-refractivity contribution in [1.82, 2.24) is 9.78 Å². The molecule has 0 unspecified atom stereocenters. The topological polar surface area (TPSA) is 79.7 Å². The molecule has 136 valence electrons. The zero-order valence-corrected chi connectivity index (χ0v) is 15.2. The van der Waals surface area contributed by atoms with Crippen molar-refractivity contribution in [2.75, 3.05) is 7.11 Å². The summed E-state index contributed by atoms with van der Waals surface area (Å²) in [6.07, 6.45) is 4.65. The third-order valence-electron chi connectivity index (χ3n) is 3.67. The summed E-state index contributed by atoms with van der Waals surface area (Å²) < 4.78 is 17.2. The maximum absolute atomic E-state index is 12.1. The number of nitrogens with zero attached hydrogens (tertiary/aromatic N) is 2. The Labute approximate surface area is 155 Å². The molecular weight excluding hydrogens is 360 g/mol. The number of hydrogen-bond acceptors (Lipinski definition) is 6. The molecule has 8 heteroatoms. The first-order valence-electron chi connectivity index (χ1n) is 7.81. The molecule has 0 atom stereocenters. The van der Waals surface area contributed by atoms with E-state index in [9.17, 15) is 9.59 Å². The van der Waals surface area contributed by atoms with E-state index in [2.05, 4.69) is 5.10 Å². The first-order valence-corrected chi connectivity index (χ1v) is 8.18. The van der Waals surface area contributed by atoms with Gasteiger partial charge in [-0.15, -0.1) is 0 Å². The number of aromatic nitrogens is 2. The van der Waals surface area contributed by atoms with Crippen molar-refractivity contribution in [2.24, 2.45) is 0 Å². The predicted octanol–water partition coefficient (Wildman–Crippen LogP) is 2.81. The summed E-state index contributed by atoms with van der Waals surface area (Å²) in [5, 5.41) is 4.66. The van der Waals surface area contributed by atoms with Crippen molar-refractivity contribution in [3.05, 3.63) is 52.3 Å². The van der Waals surface area contributed by atoms with E-state index in [1.807, 2.05) is 0 Å². The lowest BCUT2D eigenvalue weighted by atomic mass is 10.1. The molecule has 1 aromatic carbocycles. The highest BCUT2D eigenvalue weighted by molar-refractivity contribution is 6.30. The highest BCUT2D eigenvalue weighted by Gasteiger charge is 2.38. The molecule has 0 spiro atoms. The standard InChI is InChI=1S/C18H17ClN2O5/c1-18(2)25-16(22)14(17(23)26-18)7-11-4-5-15(24-3)12(6-11)9-21-10-13(19)8-20-21/h4-8,10H,9H2,1-3H3. The maximum atomic E-state index is 12.1. The van der Waals surface area contributed by atoms with Crippen LogP contribution in [0.25, 0.3) is 6.08 Å². The Balaban J connectivity index is 1.92. The van der Waals surface area contributed by atoms with Gasteiger partial charge < -0.3 is 14.2 Å². The third kappa shape index (κ3) is 3.88. The van der Waals surface area contributed by atoms with Crippen molar-refractivity contribution >= 4 is 29.6 Å². The number of cyclic esters (lactones) is 2. The van der Waals surface area contributed by atoms with E-state index in [1.54, 1.807) is 36.2 Å². The Hall–Kier alpha value is -2.80. The van der Waals surface area contributed by atoms with Gasteiger partial charge in [-0.2, -0.15) is 5.10 Å². The molecule has 26 heavy (non-hydrogen) atoms. The van der Waals surface area contributed by atoms with Crippen molar-refractivity contribution in [2.45, 2.75) is 26.2 Å². The van der Waals surface area contributed by atoms with Crippen LogP contribution in [0.15, 0.2) is 36.2 Å². The number of halogens is 1. The van der Waals surface area contributed by atoms with Crippen LogP contribution in [0.5, 0.6) is 5.75 Å². The molecule has 1 fully saturated rings. The second-order valence-corrected chi connectivity index (χ2v) is 6.60. The van der Waals surface area contributed by atoms with Gasteiger partial charge >= 0.3 is 11.9 Å². The SMILES string of the molecule is COc1ccc(C=C2C(=O)OC(C)(C)OC2=O)cc1Cn1cc(Cl)cn1. The fourth-order valence-corrected chi connectivity index (χ4v) is 2.71. The van der Waals surface area contributed by atoms with Crippen molar-refractivity contribution in [3.8, 4) is 5.75 Å². The fourth-order valence-electron chi connectivity index (χ4n) is 2.56. The van der Waals surface area contributed by atoms with Crippen LogP contribution >= 0.6 is 11.6 Å². The number of carbonyl (C=O) groups is 2. The molecule has 7 nitrogen and oxygen atoms in total. The van der Waals surface area contributed by atoms with Crippen LogP contribution in [0.4, 0.5) is 0 Å². The molecule has 1 aliphatic rings. The highest BCUT2D eigenvalue weighted by atomic mass is 35.5.